The van der Waals surface area contributed by atoms with Gasteiger partial charge in [-0.25, -0.2) is 9.97 Å². The van der Waals surface area contributed by atoms with E-state index in [0.29, 0.717) is 17.6 Å². The van der Waals surface area contributed by atoms with Crippen LogP contribution in [0.1, 0.15) is 17.6 Å². The van der Waals surface area contributed by atoms with Crippen molar-refractivity contribution < 1.29 is 4.74 Å². The summed E-state index contributed by atoms with van der Waals surface area (Å²) in [6, 6.07) is 6.20. The average Bonchev–Trinajstić information content (AvgIpc) is 2.81. The van der Waals surface area contributed by atoms with Crippen molar-refractivity contribution in [1.82, 2.24) is 9.97 Å². The van der Waals surface area contributed by atoms with Gasteiger partial charge in [-0.2, -0.15) is 0 Å². The van der Waals surface area contributed by atoms with Gasteiger partial charge in [0.15, 0.2) is 5.82 Å². The van der Waals surface area contributed by atoms with E-state index in [9.17, 15) is 0 Å². The summed E-state index contributed by atoms with van der Waals surface area (Å²) in [5, 5.41) is 5.84. The molecule has 0 aliphatic rings. The first-order chi connectivity index (χ1) is 9.17. The molecule has 102 valence electrons. The lowest BCUT2D eigenvalue weighted by atomic mass is 10.2. The summed E-state index contributed by atoms with van der Waals surface area (Å²) in [7, 11) is 1.61. The lowest BCUT2D eigenvalue weighted by Gasteiger charge is -2.14. The number of hydrogen-bond acceptors (Lipinski definition) is 5. The van der Waals surface area contributed by atoms with Gasteiger partial charge < -0.3 is 10.1 Å². The van der Waals surface area contributed by atoms with Crippen LogP contribution in [0.4, 0.5) is 5.82 Å². The molecular weight excluding hydrogens is 282 g/mol. The largest absolute Gasteiger partial charge is 0.377 e. The zero-order chi connectivity index (χ0) is 13.7. The zero-order valence-electron chi connectivity index (χ0n) is 10.9. The van der Waals surface area contributed by atoms with Crippen molar-refractivity contribution in [3.8, 4) is 0 Å². The Kier molecular flexibility index (Phi) is 5.13. The van der Waals surface area contributed by atoms with Crippen molar-refractivity contribution in [2.45, 2.75) is 26.0 Å². The van der Waals surface area contributed by atoms with Crippen LogP contribution in [-0.4, -0.2) is 23.1 Å². The summed E-state index contributed by atoms with van der Waals surface area (Å²) in [6.45, 7) is 2.47. The van der Waals surface area contributed by atoms with Gasteiger partial charge in [0.2, 0.25) is 0 Å². The van der Waals surface area contributed by atoms with Crippen LogP contribution in [0.3, 0.4) is 0 Å². The molecule has 0 bridgehead atoms. The molecule has 0 saturated heterocycles. The van der Waals surface area contributed by atoms with E-state index in [1.807, 2.05) is 0 Å². The molecule has 1 unspecified atom stereocenters. The van der Waals surface area contributed by atoms with Crippen molar-refractivity contribution in [1.29, 1.82) is 0 Å². The van der Waals surface area contributed by atoms with Gasteiger partial charge in [-0.15, -0.1) is 11.3 Å². The quantitative estimate of drug-likeness (QED) is 0.830. The summed E-state index contributed by atoms with van der Waals surface area (Å²) in [5.74, 6) is 1.32. The topological polar surface area (TPSA) is 47.0 Å². The second-order valence-corrected chi connectivity index (χ2v) is 5.67. The summed E-state index contributed by atoms with van der Waals surface area (Å²) < 4.78 is 5.02. The smallest absolute Gasteiger partial charge is 0.158 e. The molecule has 0 spiro atoms. The molecule has 0 aliphatic heterocycles. The van der Waals surface area contributed by atoms with Crippen LogP contribution in [0.2, 0.25) is 5.15 Å². The second kappa shape index (κ2) is 6.84. The number of ether oxygens (including phenoxy) is 1. The van der Waals surface area contributed by atoms with Gasteiger partial charge in [-0.1, -0.05) is 17.7 Å². The maximum absolute atomic E-state index is 5.97. The first kappa shape index (κ1) is 14.2. The predicted molar refractivity (Wildman–Crippen MR) is 78.9 cm³/mol. The lowest BCUT2D eigenvalue weighted by molar-refractivity contribution is 0.178. The van der Waals surface area contributed by atoms with E-state index >= 15 is 0 Å². The molecule has 0 amide bonds. The minimum absolute atomic E-state index is 0.278. The highest BCUT2D eigenvalue weighted by Crippen LogP contribution is 2.16. The number of nitrogens with zero attached hydrogens (tertiary/aromatic N) is 2. The highest BCUT2D eigenvalue weighted by atomic mass is 35.5. The number of hydrogen-bond donors (Lipinski definition) is 1. The molecule has 2 aromatic rings. The van der Waals surface area contributed by atoms with Gasteiger partial charge in [0.25, 0.3) is 0 Å². The average molecular weight is 298 g/mol. The number of aromatic nitrogens is 2. The standard InChI is InChI=1S/C13H16ClN3OS/c1-9(6-10-4-3-5-19-10)15-12-7-11(14)16-13(17-12)8-18-2/h3-5,7,9H,6,8H2,1-2H3,(H,15,16,17). The van der Waals surface area contributed by atoms with E-state index in [-0.39, 0.29) is 6.04 Å². The van der Waals surface area contributed by atoms with E-state index < -0.39 is 0 Å². The third-order valence-corrected chi connectivity index (χ3v) is 3.59. The Morgan fingerprint density at radius 1 is 1.47 bits per heavy atom. The highest BCUT2D eigenvalue weighted by molar-refractivity contribution is 7.09. The fraction of sp³-hybridized carbons (Fsp3) is 0.385. The molecular formula is C13H16ClN3OS. The van der Waals surface area contributed by atoms with Crippen molar-refractivity contribution in [2.24, 2.45) is 0 Å². The maximum Gasteiger partial charge on any atom is 0.158 e. The minimum Gasteiger partial charge on any atom is -0.377 e. The molecule has 2 aromatic heterocycles. The summed E-state index contributed by atoms with van der Waals surface area (Å²) in [4.78, 5) is 9.81. The van der Waals surface area contributed by atoms with Crippen molar-refractivity contribution in [2.75, 3.05) is 12.4 Å². The Morgan fingerprint density at radius 2 is 2.32 bits per heavy atom. The lowest BCUT2D eigenvalue weighted by Crippen LogP contribution is -2.19. The van der Waals surface area contributed by atoms with Crippen LogP contribution in [0.25, 0.3) is 0 Å². The third kappa shape index (κ3) is 4.45. The molecule has 0 fully saturated rings. The first-order valence-corrected chi connectivity index (χ1v) is 7.24. The van der Waals surface area contributed by atoms with Crippen LogP contribution in [0.5, 0.6) is 0 Å². The minimum atomic E-state index is 0.278. The van der Waals surface area contributed by atoms with Gasteiger partial charge >= 0.3 is 0 Å². The van der Waals surface area contributed by atoms with E-state index in [4.69, 9.17) is 16.3 Å². The van der Waals surface area contributed by atoms with E-state index in [2.05, 4.69) is 39.7 Å². The molecule has 0 saturated carbocycles. The van der Waals surface area contributed by atoms with Crippen molar-refractivity contribution >= 4 is 28.8 Å². The maximum atomic E-state index is 5.97. The van der Waals surface area contributed by atoms with Crippen molar-refractivity contribution in [3.63, 3.8) is 0 Å². The summed E-state index contributed by atoms with van der Waals surface area (Å²) in [6.07, 6.45) is 0.957. The molecule has 2 heterocycles. The number of anilines is 1. The molecule has 4 nitrogen and oxygen atoms in total. The van der Waals surface area contributed by atoms with Gasteiger partial charge in [-0.3, -0.25) is 0 Å². The molecule has 0 radical (unpaired) electrons. The van der Waals surface area contributed by atoms with E-state index in [1.165, 1.54) is 4.88 Å². The predicted octanol–water partition coefficient (Wildman–Crippen LogP) is 3.38. The summed E-state index contributed by atoms with van der Waals surface area (Å²) in [5.41, 5.74) is 0. The molecule has 6 heteroatoms. The molecule has 1 N–H and O–H groups in total. The number of halogens is 1. The molecule has 1 atom stereocenters. The van der Waals surface area contributed by atoms with E-state index in [1.54, 1.807) is 24.5 Å². The van der Waals surface area contributed by atoms with Crippen LogP contribution in [0, 0.1) is 0 Å². The number of rotatable bonds is 6. The summed E-state index contributed by atoms with van der Waals surface area (Å²) >= 11 is 7.72. The monoisotopic (exact) mass is 297 g/mol. The Balaban J connectivity index is 2.01. The molecule has 0 aromatic carbocycles. The SMILES string of the molecule is COCc1nc(Cl)cc(NC(C)Cc2cccs2)n1. The number of methoxy groups -OCH3 is 1. The van der Waals surface area contributed by atoms with Crippen LogP contribution >= 0.6 is 22.9 Å². The fourth-order valence-corrected chi connectivity index (χ4v) is 2.80. The second-order valence-electron chi connectivity index (χ2n) is 4.25. The molecule has 2 rings (SSSR count). The third-order valence-electron chi connectivity index (χ3n) is 2.50. The Bertz CT molecular complexity index is 519. The Labute approximate surface area is 121 Å². The Morgan fingerprint density at radius 3 is 3.00 bits per heavy atom. The van der Waals surface area contributed by atoms with Crippen LogP contribution < -0.4 is 5.32 Å². The van der Waals surface area contributed by atoms with Crippen LogP contribution in [-0.2, 0) is 17.8 Å². The molecule has 0 aliphatic carbocycles. The number of thiophene rings is 1. The molecule has 19 heavy (non-hydrogen) atoms. The van der Waals surface area contributed by atoms with Crippen LogP contribution in [0.15, 0.2) is 23.6 Å². The number of nitrogens with one attached hydrogen (secondary N) is 1. The Hall–Kier alpha value is -1.17. The van der Waals surface area contributed by atoms with E-state index in [0.717, 1.165) is 12.2 Å². The van der Waals surface area contributed by atoms with Gasteiger partial charge in [-0.05, 0) is 18.4 Å². The normalized spacial score (nSPS) is 12.4. The van der Waals surface area contributed by atoms with Crippen molar-refractivity contribution in [3.05, 3.63) is 39.4 Å². The highest BCUT2D eigenvalue weighted by Gasteiger charge is 2.08. The van der Waals surface area contributed by atoms with Gasteiger partial charge in [0, 0.05) is 30.5 Å². The zero-order valence-corrected chi connectivity index (χ0v) is 12.5. The van der Waals surface area contributed by atoms with Gasteiger partial charge in [0.1, 0.15) is 17.6 Å². The first-order valence-electron chi connectivity index (χ1n) is 5.98. The van der Waals surface area contributed by atoms with Gasteiger partial charge in [0.05, 0.1) is 0 Å². The fourth-order valence-electron chi connectivity index (χ4n) is 1.77.